The molecule has 1 aliphatic rings. The maximum absolute atomic E-state index is 12.7. The first-order chi connectivity index (χ1) is 16.4. The van der Waals surface area contributed by atoms with Gasteiger partial charge in [0, 0.05) is 53.6 Å². The Morgan fingerprint density at radius 3 is 2.51 bits per heavy atom. The largest absolute Gasteiger partial charge is 1.00 e. The fraction of sp³-hybridized carbons (Fsp3) is 0.280. The summed E-state index contributed by atoms with van der Waals surface area (Å²) in [5.74, 6) is 0. The number of rotatable bonds is 5. The van der Waals surface area contributed by atoms with Gasteiger partial charge in [-0.25, -0.2) is 8.78 Å². The van der Waals surface area contributed by atoms with Crippen molar-refractivity contribution in [1.82, 2.24) is 14.8 Å². The third-order valence-electron chi connectivity index (χ3n) is 6.01. The molecule has 2 aromatic carbocycles. The normalized spacial score (nSPS) is 13.9. The molecule has 0 spiro atoms. The van der Waals surface area contributed by atoms with E-state index in [9.17, 15) is 17.8 Å². The van der Waals surface area contributed by atoms with E-state index in [1.54, 1.807) is 42.1 Å². The van der Waals surface area contributed by atoms with Crippen molar-refractivity contribution >= 4 is 33.7 Å². The van der Waals surface area contributed by atoms with Crippen LogP contribution in [0.1, 0.15) is 36.2 Å². The van der Waals surface area contributed by atoms with Crippen LogP contribution in [0, 0.1) is 6.92 Å². The molecule has 0 amide bonds. The number of carbonyl (C=O) groups excluding carboxylic acids is 1. The van der Waals surface area contributed by atoms with Crippen molar-refractivity contribution in [2.45, 2.75) is 36.0 Å². The van der Waals surface area contributed by atoms with Crippen molar-refractivity contribution in [2.24, 2.45) is 7.05 Å². The van der Waals surface area contributed by atoms with Crippen LogP contribution < -0.4 is 34.5 Å². The number of H-pyrrole nitrogens is 1. The molecule has 1 N–H and O–H groups in total. The van der Waals surface area contributed by atoms with Crippen molar-refractivity contribution < 1.29 is 47.3 Å². The molecule has 0 saturated carbocycles. The van der Waals surface area contributed by atoms with Crippen molar-refractivity contribution in [3.05, 3.63) is 71.7 Å². The molecule has 0 bridgehead atoms. The zero-order valence-electron chi connectivity index (χ0n) is 19.9. The van der Waals surface area contributed by atoms with Gasteiger partial charge in [-0.1, -0.05) is 17.8 Å². The van der Waals surface area contributed by atoms with Gasteiger partial charge in [0.15, 0.2) is 0 Å². The topological polar surface area (TPSA) is 71.0 Å². The van der Waals surface area contributed by atoms with E-state index in [-0.39, 0.29) is 35.1 Å². The van der Waals surface area contributed by atoms with Crippen LogP contribution in [0.2, 0.25) is 0 Å². The standard InChI is InChI=1S/C14H12N3O2S.C11H13F2N.Na/c1-9-14(6-11(8-18)17(9)2)20(19)12-3-4-13-10(5-12)7-15-16-13;12-11(13)9-4-3-5-10(8-9)14-6-1-2-7-14;/h3-7H,1-2H3,(H,15,16);3-5,8,11H,1-2,6-7H2;/q-1;;+1. The summed E-state index contributed by atoms with van der Waals surface area (Å²) in [5, 5.41) is 7.71. The molecule has 1 unspecified atom stereocenters. The predicted molar refractivity (Wildman–Crippen MR) is 129 cm³/mol. The molecule has 10 heteroatoms. The monoisotopic (exact) mass is 506 g/mol. The second-order valence-electron chi connectivity index (χ2n) is 8.12. The summed E-state index contributed by atoms with van der Waals surface area (Å²) in [7, 11) is 0.429. The maximum atomic E-state index is 12.7. The number of benzene rings is 2. The number of halogens is 2. The average molecular weight is 507 g/mol. The fourth-order valence-electron chi connectivity index (χ4n) is 3.95. The van der Waals surface area contributed by atoms with Crippen LogP contribution >= 0.6 is 0 Å². The van der Waals surface area contributed by atoms with Gasteiger partial charge < -0.3 is 14.3 Å². The van der Waals surface area contributed by atoms with E-state index in [0.29, 0.717) is 15.5 Å². The number of aromatic amines is 1. The van der Waals surface area contributed by atoms with Gasteiger partial charge in [0.2, 0.25) is 0 Å². The second kappa shape index (κ2) is 12.1. The van der Waals surface area contributed by atoms with Crippen molar-refractivity contribution in [1.29, 1.82) is 0 Å². The third kappa shape index (κ3) is 6.09. The summed E-state index contributed by atoms with van der Waals surface area (Å²) in [6, 6.07) is 13.8. The van der Waals surface area contributed by atoms with Crippen LogP contribution in [0.25, 0.3) is 10.9 Å². The number of hydrogen-bond acceptors (Lipinski definition) is 4. The molecule has 0 aliphatic carbocycles. The van der Waals surface area contributed by atoms with Crippen LogP contribution in [0.15, 0.2) is 64.5 Å². The molecule has 1 atom stereocenters. The minimum absolute atomic E-state index is 0. The van der Waals surface area contributed by atoms with Gasteiger partial charge in [0.05, 0.1) is 22.5 Å². The molecular weight excluding hydrogens is 481 g/mol. The van der Waals surface area contributed by atoms with Crippen molar-refractivity contribution in [3.8, 4) is 0 Å². The first-order valence-electron chi connectivity index (χ1n) is 10.9. The molecule has 5 rings (SSSR count). The quantitative estimate of drug-likeness (QED) is 0.332. The molecule has 3 heterocycles. The van der Waals surface area contributed by atoms with Crippen molar-refractivity contribution in [3.63, 3.8) is 0 Å². The summed E-state index contributed by atoms with van der Waals surface area (Å²) in [6.45, 7) is 3.82. The average Bonchev–Trinajstić information content (AvgIpc) is 3.60. The van der Waals surface area contributed by atoms with Crippen LogP contribution in [0.4, 0.5) is 14.5 Å². The SMILES string of the molecule is Cc1c(S(=O)c2ccc3[nH]ncc3c2)cc([C-]=O)n1C.FC(F)c1cccc(N2CCCC2)c1.[Na+]. The Morgan fingerprint density at radius 1 is 1.11 bits per heavy atom. The molecule has 178 valence electrons. The van der Waals surface area contributed by atoms with Gasteiger partial charge >= 0.3 is 29.6 Å². The van der Waals surface area contributed by atoms with E-state index >= 15 is 0 Å². The van der Waals surface area contributed by atoms with Crippen LogP contribution in [0.5, 0.6) is 0 Å². The van der Waals surface area contributed by atoms with E-state index in [2.05, 4.69) is 15.1 Å². The number of hydrogen-bond donors (Lipinski definition) is 1. The van der Waals surface area contributed by atoms with Gasteiger partial charge in [0.25, 0.3) is 6.43 Å². The van der Waals surface area contributed by atoms with Gasteiger partial charge in [-0.15, -0.1) is 0 Å². The summed E-state index contributed by atoms with van der Waals surface area (Å²) in [4.78, 5) is 14.3. The zero-order valence-corrected chi connectivity index (χ0v) is 22.7. The summed E-state index contributed by atoms with van der Waals surface area (Å²) < 4.78 is 39.2. The number of nitrogens with one attached hydrogen (secondary N) is 1. The Bertz CT molecular complexity index is 1330. The number of fused-ring (bicyclic) bond motifs is 1. The first-order valence-corrected chi connectivity index (χ1v) is 12.1. The Morgan fingerprint density at radius 2 is 1.86 bits per heavy atom. The van der Waals surface area contributed by atoms with Crippen LogP contribution in [0.3, 0.4) is 0 Å². The van der Waals surface area contributed by atoms with E-state index in [1.807, 2.05) is 31.4 Å². The van der Waals surface area contributed by atoms with Crippen molar-refractivity contribution in [2.75, 3.05) is 18.0 Å². The molecule has 1 fully saturated rings. The fourth-order valence-corrected chi connectivity index (χ4v) is 5.26. The van der Waals surface area contributed by atoms with Gasteiger partial charge in [-0.05, 0) is 55.0 Å². The number of nitrogens with zero attached hydrogens (tertiary/aromatic N) is 3. The summed E-state index contributed by atoms with van der Waals surface area (Å²) >= 11 is 0. The zero-order chi connectivity index (χ0) is 24.2. The Hall–Kier alpha value is -2.33. The Kier molecular flexibility index (Phi) is 9.40. The summed E-state index contributed by atoms with van der Waals surface area (Å²) in [5.41, 5.74) is 3.15. The maximum Gasteiger partial charge on any atom is 1.00 e. The molecule has 2 aromatic heterocycles. The molecule has 1 aliphatic heterocycles. The van der Waals surface area contributed by atoms with Gasteiger partial charge in [0.1, 0.15) is 0 Å². The molecular formula is C25H25F2N4NaO2S. The van der Waals surface area contributed by atoms with Crippen LogP contribution in [-0.4, -0.2) is 38.3 Å². The Balaban J connectivity index is 0.000000202. The molecule has 4 aromatic rings. The molecule has 6 nitrogen and oxygen atoms in total. The van der Waals surface area contributed by atoms with E-state index < -0.39 is 17.2 Å². The van der Waals surface area contributed by atoms with E-state index in [4.69, 9.17) is 0 Å². The Labute approximate surface area is 227 Å². The van der Waals surface area contributed by atoms with Gasteiger partial charge in [-0.2, -0.15) is 11.2 Å². The third-order valence-corrected chi connectivity index (χ3v) is 7.51. The molecule has 0 radical (unpaired) electrons. The number of aromatic nitrogens is 3. The van der Waals surface area contributed by atoms with Crippen LogP contribution in [-0.2, 0) is 22.6 Å². The van der Waals surface area contributed by atoms with E-state index in [0.717, 1.165) is 35.4 Å². The van der Waals surface area contributed by atoms with Gasteiger partial charge in [-0.3, -0.25) is 9.31 Å². The smallest absolute Gasteiger partial charge is 0.417 e. The second-order valence-corrected chi connectivity index (χ2v) is 9.57. The summed E-state index contributed by atoms with van der Waals surface area (Å²) in [6.07, 6.45) is 3.51. The molecule has 1 saturated heterocycles. The minimum atomic E-state index is -2.36. The number of anilines is 1. The number of alkyl halides is 2. The predicted octanol–water partition coefficient (Wildman–Crippen LogP) is 2.06. The molecule has 35 heavy (non-hydrogen) atoms. The van der Waals surface area contributed by atoms with E-state index in [1.165, 1.54) is 18.9 Å². The first kappa shape index (κ1) is 27.3. The minimum Gasteiger partial charge on any atom is -0.417 e.